The Bertz CT molecular complexity index is 655. The normalized spacial score (nSPS) is 14.1. The third kappa shape index (κ3) is 10.2. The third-order valence-corrected chi connectivity index (χ3v) is 6.02. The number of nitrogens with one attached hydrogen (secondary N) is 2. The SMILES string of the molecule is CCCCCCCCCCCCC(CC1=[NH+]CCO1)NC(=O)c1ccc(N(C)C)cc1. The summed E-state index contributed by atoms with van der Waals surface area (Å²) in [6.45, 7) is 3.85. The van der Waals surface area contributed by atoms with Gasteiger partial charge in [-0.05, 0) is 30.7 Å². The molecule has 1 amide bonds. The van der Waals surface area contributed by atoms with Crippen molar-refractivity contribution in [1.29, 1.82) is 0 Å². The van der Waals surface area contributed by atoms with Crippen LogP contribution in [-0.2, 0) is 4.74 Å². The van der Waals surface area contributed by atoms with E-state index in [1.165, 1.54) is 57.8 Å². The number of nitrogens with zero attached hydrogens (tertiary/aromatic N) is 1. The predicted octanol–water partition coefficient (Wildman–Crippen LogP) is 4.06. The van der Waals surface area contributed by atoms with Crippen LogP contribution in [-0.4, -0.2) is 45.1 Å². The molecule has 0 spiro atoms. The van der Waals surface area contributed by atoms with Gasteiger partial charge in [-0.15, -0.1) is 0 Å². The van der Waals surface area contributed by atoms with Crippen molar-refractivity contribution in [1.82, 2.24) is 5.32 Å². The second kappa shape index (κ2) is 14.9. The van der Waals surface area contributed by atoms with Crippen molar-refractivity contribution in [3.8, 4) is 0 Å². The molecule has 1 aliphatic heterocycles. The molecule has 174 valence electrons. The lowest BCUT2D eigenvalue weighted by atomic mass is 10.0. The number of ether oxygens (including phenoxy) is 1. The number of hydrogen-bond donors (Lipinski definition) is 2. The van der Waals surface area contributed by atoms with Crippen LogP contribution in [0.4, 0.5) is 5.69 Å². The van der Waals surface area contributed by atoms with Crippen molar-refractivity contribution in [3.05, 3.63) is 29.8 Å². The Labute approximate surface area is 189 Å². The molecule has 1 heterocycles. The zero-order valence-electron chi connectivity index (χ0n) is 20.0. The summed E-state index contributed by atoms with van der Waals surface area (Å²) in [6, 6.07) is 7.89. The molecule has 1 atom stereocenters. The summed E-state index contributed by atoms with van der Waals surface area (Å²) in [5.41, 5.74) is 1.81. The minimum atomic E-state index is 0.000910. The first-order valence-corrected chi connectivity index (χ1v) is 12.4. The average molecular weight is 431 g/mol. The highest BCUT2D eigenvalue weighted by Gasteiger charge is 2.22. The number of carbonyl (C=O) groups excluding carboxylic acids is 1. The van der Waals surface area contributed by atoms with Crippen LogP contribution in [0.2, 0.25) is 0 Å². The minimum Gasteiger partial charge on any atom is -0.441 e. The molecule has 1 aromatic carbocycles. The lowest BCUT2D eigenvalue weighted by Gasteiger charge is -2.18. The number of hydrogen-bond acceptors (Lipinski definition) is 3. The molecule has 31 heavy (non-hydrogen) atoms. The number of amides is 1. The Hall–Kier alpha value is -2.04. The lowest BCUT2D eigenvalue weighted by Crippen LogP contribution is -2.70. The molecule has 1 aromatic rings. The van der Waals surface area contributed by atoms with Crippen LogP contribution >= 0.6 is 0 Å². The molecule has 0 saturated carbocycles. The second-order valence-electron chi connectivity index (χ2n) is 8.98. The Morgan fingerprint density at radius 2 is 1.61 bits per heavy atom. The molecule has 0 aliphatic carbocycles. The monoisotopic (exact) mass is 430 g/mol. The largest absolute Gasteiger partial charge is 0.441 e. The van der Waals surface area contributed by atoms with Gasteiger partial charge in [0.1, 0.15) is 0 Å². The van der Waals surface area contributed by atoms with E-state index >= 15 is 0 Å². The van der Waals surface area contributed by atoms with Crippen molar-refractivity contribution in [2.24, 2.45) is 0 Å². The van der Waals surface area contributed by atoms with Crippen molar-refractivity contribution in [2.45, 2.75) is 90.0 Å². The number of carbonyl (C=O) groups is 1. The molecule has 5 heteroatoms. The van der Waals surface area contributed by atoms with Crippen LogP contribution in [0.1, 0.15) is 94.3 Å². The van der Waals surface area contributed by atoms with E-state index < -0.39 is 0 Å². The zero-order valence-corrected chi connectivity index (χ0v) is 20.0. The van der Waals surface area contributed by atoms with E-state index in [1.807, 2.05) is 43.3 Å². The van der Waals surface area contributed by atoms with Gasteiger partial charge >= 0.3 is 5.90 Å². The fourth-order valence-corrected chi connectivity index (χ4v) is 4.05. The Morgan fingerprint density at radius 1 is 1.00 bits per heavy atom. The molecule has 5 nitrogen and oxygen atoms in total. The number of unbranched alkanes of at least 4 members (excludes halogenated alkanes) is 9. The highest BCUT2D eigenvalue weighted by molar-refractivity contribution is 5.95. The molecule has 2 rings (SSSR count). The van der Waals surface area contributed by atoms with Crippen molar-refractivity contribution in [3.63, 3.8) is 0 Å². The fourth-order valence-electron chi connectivity index (χ4n) is 4.05. The quantitative estimate of drug-likeness (QED) is 0.389. The van der Waals surface area contributed by atoms with Gasteiger partial charge in [-0.1, -0.05) is 71.1 Å². The number of benzene rings is 1. The van der Waals surface area contributed by atoms with Crippen LogP contribution < -0.4 is 15.2 Å². The van der Waals surface area contributed by atoms with Crippen LogP contribution in [0.25, 0.3) is 0 Å². The highest BCUT2D eigenvalue weighted by Crippen LogP contribution is 2.15. The van der Waals surface area contributed by atoms with E-state index in [2.05, 4.69) is 17.2 Å². The summed E-state index contributed by atoms with van der Waals surface area (Å²) in [5.74, 6) is 0.918. The minimum absolute atomic E-state index is 0.000910. The van der Waals surface area contributed by atoms with Gasteiger partial charge in [0.05, 0.1) is 6.42 Å². The summed E-state index contributed by atoms with van der Waals surface area (Å²) in [6.07, 6.45) is 15.0. The Kier molecular flexibility index (Phi) is 12.1. The molecular weight excluding hydrogens is 386 g/mol. The van der Waals surface area contributed by atoms with E-state index in [0.717, 1.165) is 44.0 Å². The molecular formula is C26H44N3O2+. The summed E-state index contributed by atoms with van der Waals surface area (Å²) in [7, 11) is 4.01. The van der Waals surface area contributed by atoms with Crippen molar-refractivity contribution < 1.29 is 14.5 Å². The Balaban J connectivity index is 1.73. The summed E-state index contributed by atoms with van der Waals surface area (Å²) >= 11 is 0. The van der Waals surface area contributed by atoms with E-state index in [-0.39, 0.29) is 11.9 Å². The molecule has 2 N–H and O–H groups in total. The third-order valence-electron chi connectivity index (χ3n) is 6.02. The van der Waals surface area contributed by atoms with Gasteiger partial charge in [-0.25, -0.2) is 4.99 Å². The molecule has 1 unspecified atom stereocenters. The van der Waals surface area contributed by atoms with E-state index in [0.29, 0.717) is 5.56 Å². The van der Waals surface area contributed by atoms with Crippen LogP contribution in [0.15, 0.2) is 24.3 Å². The molecule has 0 saturated heterocycles. The molecule has 0 radical (unpaired) electrons. The maximum absolute atomic E-state index is 12.8. The second-order valence-corrected chi connectivity index (χ2v) is 8.98. The maximum atomic E-state index is 12.8. The first kappa shape index (κ1) is 25.2. The van der Waals surface area contributed by atoms with Crippen molar-refractivity contribution >= 4 is 17.5 Å². The number of anilines is 1. The summed E-state index contributed by atoms with van der Waals surface area (Å²) < 4.78 is 5.66. The highest BCUT2D eigenvalue weighted by atomic mass is 16.5. The van der Waals surface area contributed by atoms with Crippen molar-refractivity contribution in [2.75, 3.05) is 32.1 Å². The molecule has 0 aromatic heterocycles. The number of rotatable bonds is 16. The van der Waals surface area contributed by atoms with Gasteiger partial charge in [0.2, 0.25) is 0 Å². The van der Waals surface area contributed by atoms with Gasteiger partial charge in [-0.2, -0.15) is 0 Å². The predicted molar refractivity (Wildman–Crippen MR) is 130 cm³/mol. The zero-order chi connectivity index (χ0) is 22.3. The van der Waals surface area contributed by atoms with E-state index in [9.17, 15) is 4.79 Å². The van der Waals surface area contributed by atoms with Gasteiger partial charge < -0.3 is 15.0 Å². The van der Waals surface area contributed by atoms with Gasteiger partial charge in [0.25, 0.3) is 5.91 Å². The van der Waals surface area contributed by atoms with Crippen LogP contribution in [0, 0.1) is 0 Å². The average Bonchev–Trinajstić information content (AvgIpc) is 3.28. The summed E-state index contributed by atoms with van der Waals surface area (Å²) in [4.78, 5) is 18.1. The Morgan fingerprint density at radius 3 is 2.16 bits per heavy atom. The molecule has 0 fully saturated rings. The van der Waals surface area contributed by atoms with E-state index in [1.54, 1.807) is 0 Å². The molecule has 0 bridgehead atoms. The lowest BCUT2D eigenvalue weighted by molar-refractivity contribution is -0.446. The van der Waals surface area contributed by atoms with Crippen LogP contribution in [0.5, 0.6) is 0 Å². The van der Waals surface area contributed by atoms with Gasteiger partial charge in [0, 0.05) is 31.4 Å². The van der Waals surface area contributed by atoms with Gasteiger partial charge in [-0.3, -0.25) is 4.79 Å². The fraction of sp³-hybridized carbons (Fsp3) is 0.692. The van der Waals surface area contributed by atoms with Crippen LogP contribution in [0.3, 0.4) is 0 Å². The first-order chi connectivity index (χ1) is 15.1. The molecule has 1 aliphatic rings. The first-order valence-electron chi connectivity index (χ1n) is 12.4. The topological polar surface area (TPSA) is 55.5 Å². The maximum Gasteiger partial charge on any atom is 0.337 e. The smallest absolute Gasteiger partial charge is 0.337 e. The van der Waals surface area contributed by atoms with Gasteiger partial charge in [0.15, 0.2) is 13.2 Å². The standard InChI is InChI=1S/C26H43N3O2/c1-4-5-6-7-8-9-10-11-12-13-14-23(21-25-27-19-20-31-25)28-26(30)22-15-17-24(18-16-22)29(2)3/h15-18,23H,4-14,19-21H2,1-3H3,(H,28,30)/p+1. The summed E-state index contributed by atoms with van der Waals surface area (Å²) in [5, 5.41) is 3.25. The van der Waals surface area contributed by atoms with E-state index in [4.69, 9.17) is 4.74 Å².